The van der Waals surface area contributed by atoms with E-state index in [0.29, 0.717) is 18.0 Å². The van der Waals surface area contributed by atoms with Crippen LogP contribution in [-0.2, 0) is 39.2 Å². The first-order valence-corrected chi connectivity index (χ1v) is 17.3. The Morgan fingerprint density at radius 3 is 1.96 bits per heavy atom. The van der Waals surface area contributed by atoms with Crippen LogP contribution in [0.15, 0.2) is 109 Å². The molecule has 242 valence electrons. The molecule has 0 unspecified atom stereocenters. The van der Waals surface area contributed by atoms with Crippen molar-refractivity contribution in [1.29, 1.82) is 0 Å². The van der Waals surface area contributed by atoms with E-state index in [4.69, 9.17) is 4.74 Å². The summed E-state index contributed by atoms with van der Waals surface area (Å²) in [5, 5.41) is 3.05. The highest BCUT2D eigenvalue weighted by molar-refractivity contribution is 7.92. The van der Waals surface area contributed by atoms with Gasteiger partial charge in [-0.2, -0.15) is 0 Å². The molecule has 0 saturated heterocycles. The first kappa shape index (κ1) is 34.2. The summed E-state index contributed by atoms with van der Waals surface area (Å²) in [7, 11) is -3.88. The number of nitrogens with zero attached hydrogens (tertiary/aromatic N) is 2. The van der Waals surface area contributed by atoms with E-state index >= 15 is 0 Å². The highest BCUT2D eigenvalue weighted by Crippen LogP contribution is 2.24. The van der Waals surface area contributed by atoms with E-state index in [1.54, 1.807) is 24.3 Å². The molecule has 4 rings (SSSR count). The van der Waals surface area contributed by atoms with Crippen molar-refractivity contribution in [2.75, 3.05) is 17.1 Å². The van der Waals surface area contributed by atoms with Crippen molar-refractivity contribution in [3.05, 3.63) is 131 Å². The summed E-state index contributed by atoms with van der Waals surface area (Å²) in [6.45, 7) is 5.90. The molecule has 8 nitrogen and oxygen atoms in total. The van der Waals surface area contributed by atoms with Crippen LogP contribution in [0.4, 0.5) is 5.69 Å². The summed E-state index contributed by atoms with van der Waals surface area (Å²) in [5.41, 5.74) is 4.11. The van der Waals surface area contributed by atoms with Crippen molar-refractivity contribution in [2.45, 2.75) is 58.8 Å². The van der Waals surface area contributed by atoms with Gasteiger partial charge >= 0.3 is 0 Å². The quantitative estimate of drug-likeness (QED) is 0.175. The van der Waals surface area contributed by atoms with Gasteiger partial charge in [-0.25, -0.2) is 8.42 Å². The lowest BCUT2D eigenvalue weighted by atomic mass is 10.0. The Hall–Kier alpha value is -4.63. The molecule has 2 atom stereocenters. The van der Waals surface area contributed by atoms with Crippen LogP contribution in [0.25, 0.3) is 0 Å². The van der Waals surface area contributed by atoms with E-state index in [2.05, 4.69) is 5.32 Å². The molecule has 0 bridgehead atoms. The molecule has 0 aliphatic rings. The summed E-state index contributed by atoms with van der Waals surface area (Å²) < 4.78 is 33.2. The summed E-state index contributed by atoms with van der Waals surface area (Å²) in [6.07, 6.45) is 2.07. The van der Waals surface area contributed by atoms with Gasteiger partial charge in [0.1, 0.15) is 24.9 Å². The third-order valence-electron chi connectivity index (χ3n) is 7.80. The van der Waals surface area contributed by atoms with Gasteiger partial charge in [0.05, 0.1) is 11.9 Å². The van der Waals surface area contributed by atoms with Crippen LogP contribution in [0.2, 0.25) is 0 Å². The van der Waals surface area contributed by atoms with E-state index in [1.807, 2.05) is 106 Å². The van der Waals surface area contributed by atoms with Crippen LogP contribution in [0.5, 0.6) is 5.75 Å². The SMILES string of the molecule is CC[C@H](C)NC(=O)[C@@H](Cc1ccccc1)N(Cc1ccc(C)cc1)C(=O)CN(c1ccc(OCc2ccccc2)cc1)S(C)(=O)=O. The average Bonchev–Trinajstić information content (AvgIpc) is 3.05. The maximum Gasteiger partial charge on any atom is 0.244 e. The summed E-state index contributed by atoms with van der Waals surface area (Å²) in [4.78, 5) is 29.6. The fraction of sp³-hybridized carbons (Fsp3) is 0.297. The van der Waals surface area contributed by atoms with Gasteiger partial charge in [0.2, 0.25) is 21.8 Å². The summed E-state index contributed by atoms with van der Waals surface area (Å²) in [6, 6.07) is 32.6. The van der Waals surface area contributed by atoms with E-state index in [1.165, 1.54) is 4.90 Å². The zero-order valence-corrected chi connectivity index (χ0v) is 27.7. The standard InChI is InChI=1S/C37H43N3O5S/c1-5-29(3)38-37(42)35(24-30-12-8-6-9-13-30)39(25-31-18-16-28(2)17-19-31)36(41)26-40(46(4,43)44)33-20-22-34(23-21-33)45-27-32-14-10-7-11-15-32/h6-23,29,35H,5,24-27H2,1-4H3,(H,38,42)/t29-,35+/m0/s1. The molecule has 0 radical (unpaired) electrons. The van der Waals surface area contributed by atoms with E-state index in [9.17, 15) is 18.0 Å². The minimum absolute atomic E-state index is 0.0998. The van der Waals surface area contributed by atoms with Crippen LogP contribution in [0.1, 0.15) is 42.5 Å². The van der Waals surface area contributed by atoms with Gasteiger partial charge in [-0.15, -0.1) is 0 Å². The molecule has 0 aliphatic carbocycles. The number of carbonyl (C=O) groups excluding carboxylic acids is 2. The molecule has 0 fully saturated rings. The lowest BCUT2D eigenvalue weighted by molar-refractivity contribution is -0.140. The Kier molecular flexibility index (Phi) is 12.0. The lowest BCUT2D eigenvalue weighted by Crippen LogP contribution is -2.54. The zero-order valence-electron chi connectivity index (χ0n) is 26.9. The second kappa shape index (κ2) is 16.1. The summed E-state index contributed by atoms with van der Waals surface area (Å²) in [5.74, 6) is -0.210. The molecule has 0 spiro atoms. The van der Waals surface area contributed by atoms with Crippen LogP contribution in [-0.4, -0.2) is 50.0 Å². The Morgan fingerprint density at radius 1 is 0.804 bits per heavy atom. The minimum atomic E-state index is -3.88. The van der Waals surface area contributed by atoms with Crippen molar-refractivity contribution in [3.8, 4) is 5.75 Å². The third kappa shape index (κ3) is 9.94. The molecule has 4 aromatic rings. The number of hydrogen-bond acceptors (Lipinski definition) is 5. The zero-order chi connectivity index (χ0) is 33.1. The van der Waals surface area contributed by atoms with Gasteiger partial charge in [-0.1, -0.05) is 97.4 Å². The van der Waals surface area contributed by atoms with Crippen molar-refractivity contribution < 1.29 is 22.7 Å². The molecular weight excluding hydrogens is 598 g/mol. The Labute approximate surface area is 273 Å². The molecule has 0 saturated carbocycles. The van der Waals surface area contributed by atoms with E-state index in [-0.39, 0.29) is 24.9 Å². The molecule has 0 heterocycles. The first-order chi connectivity index (χ1) is 22.0. The Bertz CT molecular complexity index is 1660. The maximum absolute atomic E-state index is 14.3. The number of rotatable bonds is 15. The molecule has 1 N–H and O–H groups in total. The minimum Gasteiger partial charge on any atom is -0.489 e. The number of anilines is 1. The van der Waals surface area contributed by atoms with Crippen molar-refractivity contribution >= 4 is 27.5 Å². The molecular formula is C37H43N3O5S. The van der Waals surface area contributed by atoms with Crippen molar-refractivity contribution in [2.24, 2.45) is 0 Å². The van der Waals surface area contributed by atoms with E-state index < -0.39 is 28.5 Å². The molecule has 4 aromatic carbocycles. The van der Waals surface area contributed by atoms with Crippen molar-refractivity contribution in [3.63, 3.8) is 0 Å². The number of nitrogens with one attached hydrogen (secondary N) is 1. The largest absolute Gasteiger partial charge is 0.489 e. The van der Waals surface area contributed by atoms with Gasteiger partial charge in [-0.3, -0.25) is 13.9 Å². The third-order valence-corrected chi connectivity index (χ3v) is 8.94. The number of amides is 2. The van der Waals surface area contributed by atoms with Crippen LogP contribution >= 0.6 is 0 Å². The first-order valence-electron chi connectivity index (χ1n) is 15.5. The molecule has 9 heteroatoms. The van der Waals surface area contributed by atoms with E-state index in [0.717, 1.165) is 39.2 Å². The van der Waals surface area contributed by atoms with Crippen LogP contribution in [0.3, 0.4) is 0 Å². The number of aryl methyl sites for hydroxylation is 1. The fourth-order valence-electron chi connectivity index (χ4n) is 4.95. The number of carbonyl (C=O) groups is 2. The molecule has 0 aromatic heterocycles. The average molecular weight is 642 g/mol. The highest BCUT2D eigenvalue weighted by atomic mass is 32.2. The second-order valence-corrected chi connectivity index (χ2v) is 13.5. The molecule has 2 amide bonds. The van der Waals surface area contributed by atoms with Crippen LogP contribution in [0, 0.1) is 6.92 Å². The highest BCUT2D eigenvalue weighted by Gasteiger charge is 2.33. The lowest BCUT2D eigenvalue weighted by Gasteiger charge is -2.34. The van der Waals surface area contributed by atoms with Gasteiger partial charge in [-0.05, 0) is 61.2 Å². The fourth-order valence-corrected chi connectivity index (χ4v) is 5.80. The normalized spacial score (nSPS) is 12.5. The number of ether oxygens (including phenoxy) is 1. The predicted octanol–water partition coefficient (Wildman–Crippen LogP) is 5.89. The Morgan fingerprint density at radius 2 is 1.39 bits per heavy atom. The van der Waals surface area contributed by atoms with Gasteiger partial charge in [0, 0.05) is 19.0 Å². The predicted molar refractivity (Wildman–Crippen MR) is 183 cm³/mol. The molecule has 46 heavy (non-hydrogen) atoms. The number of benzene rings is 4. The van der Waals surface area contributed by atoms with Gasteiger partial charge in [0.25, 0.3) is 0 Å². The maximum atomic E-state index is 14.3. The second-order valence-electron chi connectivity index (χ2n) is 11.6. The van der Waals surface area contributed by atoms with Crippen molar-refractivity contribution in [1.82, 2.24) is 10.2 Å². The molecule has 0 aliphatic heterocycles. The summed E-state index contributed by atoms with van der Waals surface area (Å²) >= 11 is 0. The Balaban J connectivity index is 1.64. The van der Waals surface area contributed by atoms with Gasteiger partial charge < -0.3 is 15.0 Å². The monoisotopic (exact) mass is 641 g/mol. The van der Waals surface area contributed by atoms with Crippen LogP contribution < -0.4 is 14.4 Å². The van der Waals surface area contributed by atoms with Gasteiger partial charge in [0.15, 0.2) is 0 Å². The topological polar surface area (TPSA) is 96.0 Å². The number of sulfonamides is 1. The smallest absolute Gasteiger partial charge is 0.244 e. The number of hydrogen-bond donors (Lipinski definition) is 1.